The van der Waals surface area contributed by atoms with Gasteiger partial charge in [-0.3, -0.25) is 10.1 Å². The van der Waals surface area contributed by atoms with Crippen molar-refractivity contribution in [2.45, 2.75) is 32.5 Å². The van der Waals surface area contributed by atoms with Crippen LogP contribution >= 0.6 is 0 Å². The predicted octanol–water partition coefficient (Wildman–Crippen LogP) is 5.79. The summed E-state index contributed by atoms with van der Waals surface area (Å²) in [6.45, 7) is 2.20. The first kappa shape index (κ1) is 20.9. The molecule has 0 radical (unpaired) electrons. The Bertz CT molecular complexity index is 1100. The van der Waals surface area contributed by atoms with E-state index in [0.717, 1.165) is 35.1 Å². The topological polar surface area (TPSA) is 70.8 Å². The van der Waals surface area contributed by atoms with E-state index in [2.05, 4.69) is 12.1 Å². The predicted molar refractivity (Wildman–Crippen MR) is 119 cm³/mol. The van der Waals surface area contributed by atoms with Crippen molar-refractivity contribution >= 4 is 5.69 Å². The second-order valence-electron chi connectivity index (χ2n) is 7.64. The molecule has 160 valence electrons. The van der Waals surface area contributed by atoms with Crippen LogP contribution in [-0.2, 0) is 17.8 Å². The van der Waals surface area contributed by atoms with Gasteiger partial charge >= 0.3 is 0 Å². The molecule has 0 N–H and O–H groups in total. The number of nitro groups is 1. The smallest absolute Gasteiger partial charge is 0.269 e. The lowest BCUT2D eigenvalue weighted by atomic mass is 9.97. The lowest BCUT2D eigenvalue weighted by Crippen LogP contribution is -2.03. The van der Waals surface area contributed by atoms with E-state index >= 15 is 0 Å². The summed E-state index contributed by atoms with van der Waals surface area (Å²) in [6.07, 6.45) is 1.88. The molecule has 1 aliphatic rings. The molecule has 0 heterocycles. The summed E-state index contributed by atoms with van der Waals surface area (Å²) in [5.41, 5.74) is 5.92. The standard InChI is InChI=1S/C25H25NO5/c1-16-24(29-2)13-18(14-25(16)30-3)21-10-9-20(26(27)28)12-19(21)15-31-23-11-8-17-6-4-5-7-22(17)23/h4-7,9-10,12-14,23H,8,11,15H2,1-3H3. The molecule has 4 rings (SSSR count). The van der Waals surface area contributed by atoms with Crippen LogP contribution in [0.5, 0.6) is 11.5 Å². The van der Waals surface area contributed by atoms with Gasteiger partial charge < -0.3 is 14.2 Å². The van der Waals surface area contributed by atoms with Gasteiger partial charge in [-0.05, 0) is 65.8 Å². The van der Waals surface area contributed by atoms with E-state index in [1.165, 1.54) is 17.2 Å². The molecule has 0 fully saturated rings. The van der Waals surface area contributed by atoms with E-state index in [4.69, 9.17) is 14.2 Å². The molecule has 0 amide bonds. The highest BCUT2D eigenvalue weighted by Gasteiger charge is 2.23. The van der Waals surface area contributed by atoms with Gasteiger partial charge in [0.05, 0.1) is 31.9 Å². The third-order valence-electron chi connectivity index (χ3n) is 5.88. The van der Waals surface area contributed by atoms with Crippen molar-refractivity contribution < 1.29 is 19.1 Å². The van der Waals surface area contributed by atoms with Crippen LogP contribution in [0, 0.1) is 17.0 Å². The van der Waals surface area contributed by atoms with Gasteiger partial charge in [0, 0.05) is 17.7 Å². The Hall–Kier alpha value is -3.38. The number of hydrogen-bond acceptors (Lipinski definition) is 5. The Morgan fingerprint density at radius 2 is 1.74 bits per heavy atom. The van der Waals surface area contributed by atoms with Gasteiger partial charge in [-0.25, -0.2) is 0 Å². The Balaban J connectivity index is 1.70. The maximum absolute atomic E-state index is 11.4. The number of rotatable bonds is 7. The highest BCUT2D eigenvalue weighted by molar-refractivity contribution is 5.73. The molecule has 3 aromatic rings. The lowest BCUT2D eigenvalue weighted by Gasteiger charge is -2.17. The van der Waals surface area contributed by atoms with Crippen molar-refractivity contribution in [3.63, 3.8) is 0 Å². The second-order valence-corrected chi connectivity index (χ2v) is 7.64. The second kappa shape index (κ2) is 8.78. The highest BCUT2D eigenvalue weighted by atomic mass is 16.6. The molecule has 1 aliphatic carbocycles. The molecule has 3 aromatic carbocycles. The molecule has 1 atom stereocenters. The van der Waals surface area contributed by atoms with Gasteiger partial charge in [0.2, 0.25) is 0 Å². The third kappa shape index (κ3) is 4.11. The lowest BCUT2D eigenvalue weighted by molar-refractivity contribution is -0.384. The number of non-ortho nitro benzene ring substituents is 1. The maximum atomic E-state index is 11.4. The summed E-state index contributed by atoms with van der Waals surface area (Å²) >= 11 is 0. The zero-order chi connectivity index (χ0) is 22.0. The largest absolute Gasteiger partial charge is 0.496 e. The number of methoxy groups -OCH3 is 2. The number of fused-ring (bicyclic) bond motifs is 1. The first-order valence-corrected chi connectivity index (χ1v) is 10.2. The van der Waals surface area contributed by atoms with Crippen LogP contribution in [0.3, 0.4) is 0 Å². The molecule has 0 spiro atoms. The van der Waals surface area contributed by atoms with Gasteiger partial charge in [0.25, 0.3) is 5.69 Å². The van der Waals surface area contributed by atoms with E-state index in [9.17, 15) is 10.1 Å². The fraction of sp³-hybridized carbons (Fsp3) is 0.280. The monoisotopic (exact) mass is 419 g/mol. The van der Waals surface area contributed by atoms with Crippen molar-refractivity contribution in [3.05, 3.63) is 87.0 Å². The fourth-order valence-electron chi connectivity index (χ4n) is 4.22. The van der Waals surface area contributed by atoms with Crippen molar-refractivity contribution in [1.29, 1.82) is 0 Å². The van der Waals surface area contributed by atoms with E-state index < -0.39 is 0 Å². The Morgan fingerprint density at radius 1 is 1.03 bits per heavy atom. The van der Waals surface area contributed by atoms with Crippen molar-refractivity contribution in [1.82, 2.24) is 0 Å². The molecule has 1 unspecified atom stereocenters. The van der Waals surface area contributed by atoms with E-state index in [0.29, 0.717) is 11.5 Å². The molecule has 0 saturated heterocycles. The summed E-state index contributed by atoms with van der Waals surface area (Å²) in [5.74, 6) is 1.40. The first-order valence-electron chi connectivity index (χ1n) is 10.2. The molecule has 0 aliphatic heterocycles. The van der Waals surface area contributed by atoms with E-state index in [-0.39, 0.29) is 23.3 Å². The molecule has 0 saturated carbocycles. The Morgan fingerprint density at radius 3 is 2.42 bits per heavy atom. The van der Waals surface area contributed by atoms with Crippen LogP contribution in [0.25, 0.3) is 11.1 Å². The normalized spacial score (nSPS) is 14.9. The van der Waals surface area contributed by atoms with Gasteiger partial charge in [-0.15, -0.1) is 0 Å². The molecule has 6 heteroatoms. The van der Waals surface area contributed by atoms with Crippen molar-refractivity contribution in [3.8, 4) is 22.6 Å². The quantitative estimate of drug-likeness (QED) is 0.358. The van der Waals surface area contributed by atoms with Gasteiger partial charge in [0.1, 0.15) is 11.5 Å². The molecular weight excluding hydrogens is 394 g/mol. The van der Waals surface area contributed by atoms with Crippen LogP contribution in [-0.4, -0.2) is 19.1 Å². The van der Waals surface area contributed by atoms with Crippen molar-refractivity contribution in [2.24, 2.45) is 0 Å². The number of nitro benzene ring substituents is 1. The number of nitrogens with zero attached hydrogens (tertiary/aromatic N) is 1. The van der Waals surface area contributed by atoms with Crippen LogP contribution in [0.15, 0.2) is 54.6 Å². The minimum absolute atomic E-state index is 0.00889. The average molecular weight is 419 g/mol. The van der Waals surface area contributed by atoms with Gasteiger partial charge in [-0.1, -0.05) is 24.3 Å². The van der Waals surface area contributed by atoms with Crippen LogP contribution in [0.2, 0.25) is 0 Å². The SMILES string of the molecule is COc1cc(-c2ccc([N+](=O)[O-])cc2COC2CCc3ccccc32)cc(OC)c1C. The summed E-state index contributed by atoms with van der Waals surface area (Å²) in [7, 11) is 3.23. The molecule has 6 nitrogen and oxygen atoms in total. The molecule has 0 aromatic heterocycles. The Kier molecular flexibility index (Phi) is 5.91. The van der Waals surface area contributed by atoms with Crippen molar-refractivity contribution in [2.75, 3.05) is 14.2 Å². The first-order chi connectivity index (χ1) is 15.0. The number of hydrogen-bond donors (Lipinski definition) is 0. The number of aryl methyl sites for hydroxylation is 1. The minimum atomic E-state index is -0.380. The summed E-state index contributed by atoms with van der Waals surface area (Å²) in [6, 6.07) is 17.0. The van der Waals surface area contributed by atoms with Crippen LogP contribution in [0.1, 0.15) is 34.8 Å². The summed E-state index contributed by atoms with van der Waals surface area (Å²) < 4.78 is 17.3. The van der Waals surface area contributed by atoms with Gasteiger partial charge in [-0.2, -0.15) is 0 Å². The Labute approximate surface area is 181 Å². The van der Waals surface area contributed by atoms with Gasteiger partial charge in [0.15, 0.2) is 0 Å². The zero-order valence-electron chi connectivity index (χ0n) is 17.9. The number of ether oxygens (including phenoxy) is 3. The summed E-state index contributed by atoms with van der Waals surface area (Å²) in [4.78, 5) is 11.0. The number of benzene rings is 3. The third-order valence-corrected chi connectivity index (χ3v) is 5.88. The fourth-order valence-corrected chi connectivity index (χ4v) is 4.22. The maximum Gasteiger partial charge on any atom is 0.269 e. The molecule has 31 heavy (non-hydrogen) atoms. The average Bonchev–Trinajstić information content (AvgIpc) is 3.21. The van der Waals surface area contributed by atoms with Crippen LogP contribution < -0.4 is 9.47 Å². The highest BCUT2D eigenvalue weighted by Crippen LogP contribution is 2.39. The minimum Gasteiger partial charge on any atom is -0.496 e. The van der Waals surface area contributed by atoms with E-state index in [1.807, 2.05) is 31.2 Å². The van der Waals surface area contributed by atoms with Crippen LogP contribution in [0.4, 0.5) is 5.69 Å². The zero-order valence-corrected chi connectivity index (χ0v) is 17.9. The molecule has 0 bridgehead atoms. The summed E-state index contributed by atoms with van der Waals surface area (Å²) in [5, 5.41) is 11.4. The van der Waals surface area contributed by atoms with E-state index in [1.54, 1.807) is 26.4 Å². The molecular formula is C25H25NO5.